The van der Waals surface area contributed by atoms with Crippen molar-refractivity contribution in [2.24, 2.45) is 0 Å². The zero-order valence-corrected chi connectivity index (χ0v) is 11.3. The number of nitrogens with zero attached hydrogens (tertiary/aromatic N) is 2. The summed E-state index contributed by atoms with van der Waals surface area (Å²) >= 11 is 0. The van der Waals surface area contributed by atoms with Gasteiger partial charge in [0.15, 0.2) is 0 Å². The Morgan fingerprint density at radius 1 is 0.950 bits per heavy atom. The lowest BCUT2D eigenvalue weighted by atomic mass is 10.2. The molecule has 2 aromatic rings. The van der Waals surface area contributed by atoms with Gasteiger partial charge in [0.05, 0.1) is 11.4 Å². The molecule has 0 saturated carbocycles. The zero-order valence-electron chi connectivity index (χ0n) is 11.3. The summed E-state index contributed by atoms with van der Waals surface area (Å²) in [4.78, 5) is 16.1. The second-order valence-corrected chi connectivity index (χ2v) is 4.74. The zero-order chi connectivity index (χ0) is 13.9. The van der Waals surface area contributed by atoms with Gasteiger partial charge in [-0.05, 0) is 24.3 Å². The van der Waals surface area contributed by atoms with Crippen LogP contribution in [0.2, 0.25) is 0 Å². The van der Waals surface area contributed by atoms with Crippen molar-refractivity contribution in [3.63, 3.8) is 0 Å². The van der Waals surface area contributed by atoms with Gasteiger partial charge in [0.2, 0.25) is 0 Å². The highest BCUT2D eigenvalue weighted by Gasteiger charge is 2.26. The van der Waals surface area contributed by atoms with Crippen LogP contribution in [0.15, 0.2) is 54.6 Å². The van der Waals surface area contributed by atoms with Crippen LogP contribution in [0, 0.1) is 0 Å². The largest absolute Gasteiger partial charge is 0.419 e. The van der Waals surface area contributed by atoms with Crippen molar-refractivity contribution in [2.75, 3.05) is 29.9 Å². The minimum atomic E-state index is -0.336. The second-order valence-electron chi connectivity index (χ2n) is 4.74. The Morgan fingerprint density at radius 3 is 2.35 bits per heavy atom. The van der Waals surface area contributed by atoms with Crippen molar-refractivity contribution in [1.29, 1.82) is 0 Å². The molecule has 1 aliphatic rings. The number of benzene rings is 2. The van der Waals surface area contributed by atoms with Crippen LogP contribution in [0.3, 0.4) is 0 Å². The molecular weight excluding hydrogens is 252 g/mol. The lowest BCUT2D eigenvalue weighted by Gasteiger charge is -2.34. The molecule has 4 nitrogen and oxygen atoms in total. The number of para-hydroxylation sites is 3. The molecular formula is C16H16N2O2. The standard InChI is InChI=1S/C16H16N2O2/c1-17-11-12-18(15-10-6-5-9-14(15)17)16(19)20-13-7-3-2-4-8-13/h2-10H,11-12H2,1H3. The third-order valence-corrected chi connectivity index (χ3v) is 3.41. The van der Waals surface area contributed by atoms with Crippen molar-refractivity contribution in [3.05, 3.63) is 54.6 Å². The first-order chi connectivity index (χ1) is 9.75. The summed E-state index contributed by atoms with van der Waals surface area (Å²) in [5.41, 5.74) is 1.94. The molecule has 1 heterocycles. The first kappa shape index (κ1) is 12.5. The van der Waals surface area contributed by atoms with Crippen LogP contribution in [0.5, 0.6) is 5.75 Å². The molecule has 1 aliphatic heterocycles. The van der Waals surface area contributed by atoms with E-state index in [-0.39, 0.29) is 6.09 Å². The van der Waals surface area contributed by atoms with E-state index in [4.69, 9.17) is 4.74 Å². The van der Waals surface area contributed by atoms with E-state index in [0.717, 1.165) is 17.9 Å². The van der Waals surface area contributed by atoms with Crippen molar-refractivity contribution < 1.29 is 9.53 Å². The summed E-state index contributed by atoms with van der Waals surface area (Å²) in [7, 11) is 2.03. The fourth-order valence-electron chi connectivity index (χ4n) is 2.34. The van der Waals surface area contributed by atoms with E-state index in [1.165, 1.54) is 0 Å². The molecule has 0 atom stereocenters. The Hall–Kier alpha value is -2.49. The molecule has 2 aromatic carbocycles. The van der Waals surface area contributed by atoms with Crippen LogP contribution in [-0.4, -0.2) is 26.2 Å². The third-order valence-electron chi connectivity index (χ3n) is 3.41. The molecule has 0 bridgehead atoms. The smallest absolute Gasteiger partial charge is 0.410 e. The first-order valence-corrected chi connectivity index (χ1v) is 6.60. The summed E-state index contributed by atoms with van der Waals surface area (Å²) < 4.78 is 5.41. The average molecular weight is 268 g/mol. The summed E-state index contributed by atoms with van der Waals surface area (Å²) in [5.74, 6) is 0.564. The number of amides is 1. The number of anilines is 2. The SMILES string of the molecule is CN1CCN(C(=O)Oc2ccccc2)c2ccccc21. The number of carbonyl (C=O) groups excluding carboxylic acids is 1. The average Bonchev–Trinajstić information content (AvgIpc) is 2.49. The van der Waals surface area contributed by atoms with Gasteiger partial charge < -0.3 is 9.64 Å². The number of carbonyl (C=O) groups is 1. The quantitative estimate of drug-likeness (QED) is 0.796. The van der Waals surface area contributed by atoms with Crippen LogP contribution < -0.4 is 14.5 Å². The van der Waals surface area contributed by atoms with Crippen LogP contribution in [-0.2, 0) is 0 Å². The van der Waals surface area contributed by atoms with E-state index in [0.29, 0.717) is 12.3 Å². The van der Waals surface area contributed by atoms with Gasteiger partial charge in [-0.3, -0.25) is 4.90 Å². The predicted octanol–water partition coefficient (Wildman–Crippen LogP) is 3.14. The summed E-state index contributed by atoms with van der Waals surface area (Å²) in [6.07, 6.45) is -0.336. The van der Waals surface area contributed by atoms with Crippen LogP contribution >= 0.6 is 0 Å². The Labute approximate surface area is 118 Å². The van der Waals surface area contributed by atoms with Gasteiger partial charge in [0.1, 0.15) is 5.75 Å². The summed E-state index contributed by atoms with van der Waals surface area (Å²) in [6, 6.07) is 17.0. The molecule has 3 rings (SSSR count). The third kappa shape index (κ3) is 2.32. The van der Waals surface area contributed by atoms with Gasteiger partial charge in [-0.25, -0.2) is 4.79 Å². The number of likely N-dealkylation sites (N-methyl/N-ethyl adjacent to an activating group) is 1. The van der Waals surface area contributed by atoms with E-state index >= 15 is 0 Å². The maximum Gasteiger partial charge on any atom is 0.419 e. The Morgan fingerprint density at radius 2 is 1.60 bits per heavy atom. The maximum atomic E-state index is 12.3. The Kier molecular flexibility index (Phi) is 3.29. The molecule has 0 fully saturated rings. The second kappa shape index (κ2) is 5.25. The maximum absolute atomic E-state index is 12.3. The number of fused-ring (bicyclic) bond motifs is 1. The molecule has 0 N–H and O–H groups in total. The van der Waals surface area contributed by atoms with Crippen molar-refractivity contribution >= 4 is 17.5 Å². The van der Waals surface area contributed by atoms with E-state index in [1.807, 2.05) is 49.5 Å². The molecule has 102 valence electrons. The molecule has 0 aromatic heterocycles. The molecule has 0 spiro atoms. The van der Waals surface area contributed by atoms with Gasteiger partial charge >= 0.3 is 6.09 Å². The van der Waals surface area contributed by atoms with Gasteiger partial charge in [0.25, 0.3) is 0 Å². The van der Waals surface area contributed by atoms with E-state index in [1.54, 1.807) is 17.0 Å². The number of hydrogen-bond acceptors (Lipinski definition) is 3. The summed E-state index contributed by atoms with van der Waals surface area (Å²) in [5, 5.41) is 0. The Bertz CT molecular complexity index is 613. The predicted molar refractivity (Wildman–Crippen MR) is 79.5 cm³/mol. The highest BCUT2D eigenvalue weighted by molar-refractivity contribution is 5.94. The first-order valence-electron chi connectivity index (χ1n) is 6.60. The molecule has 0 radical (unpaired) electrons. The summed E-state index contributed by atoms with van der Waals surface area (Å²) in [6.45, 7) is 1.42. The minimum Gasteiger partial charge on any atom is -0.410 e. The molecule has 20 heavy (non-hydrogen) atoms. The van der Waals surface area contributed by atoms with E-state index in [2.05, 4.69) is 4.90 Å². The number of rotatable bonds is 1. The van der Waals surface area contributed by atoms with Gasteiger partial charge in [-0.2, -0.15) is 0 Å². The number of ether oxygens (including phenoxy) is 1. The fraction of sp³-hybridized carbons (Fsp3) is 0.188. The fourth-order valence-corrected chi connectivity index (χ4v) is 2.34. The van der Waals surface area contributed by atoms with Gasteiger partial charge in [-0.15, -0.1) is 0 Å². The molecule has 0 aliphatic carbocycles. The number of hydrogen-bond donors (Lipinski definition) is 0. The Balaban J connectivity index is 1.84. The van der Waals surface area contributed by atoms with Gasteiger partial charge in [0, 0.05) is 20.1 Å². The monoisotopic (exact) mass is 268 g/mol. The highest BCUT2D eigenvalue weighted by atomic mass is 16.6. The van der Waals surface area contributed by atoms with Crippen LogP contribution in [0.25, 0.3) is 0 Å². The van der Waals surface area contributed by atoms with Crippen molar-refractivity contribution in [1.82, 2.24) is 0 Å². The highest BCUT2D eigenvalue weighted by Crippen LogP contribution is 2.32. The molecule has 0 unspecified atom stereocenters. The van der Waals surface area contributed by atoms with Gasteiger partial charge in [-0.1, -0.05) is 30.3 Å². The van der Waals surface area contributed by atoms with Crippen molar-refractivity contribution in [3.8, 4) is 5.75 Å². The van der Waals surface area contributed by atoms with Crippen molar-refractivity contribution in [2.45, 2.75) is 0 Å². The molecule has 1 amide bonds. The van der Waals surface area contributed by atoms with Crippen LogP contribution in [0.1, 0.15) is 0 Å². The molecule has 4 heteroatoms. The lowest BCUT2D eigenvalue weighted by Crippen LogP contribution is -2.43. The van der Waals surface area contributed by atoms with E-state index in [9.17, 15) is 4.79 Å². The lowest BCUT2D eigenvalue weighted by molar-refractivity contribution is 0.207. The van der Waals surface area contributed by atoms with E-state index < -0.39 is 0 Å². The normalized spacial score (nSPS) is 13.8. The molecule has 0 saturated heterocycles. The van der Waals surface area contributed by atoms with Crippen LogP contribution in [0.4, 0.5) is 16.2 Å². The topological polar surface area (TPSA) is 32.8 Å². The minimum absolute atomic E-state index is 0.336.